The molecule has 132 valence electrons. The average Bonchev–Trinajstić information content (AvgIpc) is 2.63. The number of halogens is 2. The summed E-state index contributed by atoms with van der Waals surface area (Å²) in [6, 6.07) is 11.3. The zero-order valence-corrected chi connectivity index (χ0v) is 15.0. The van der Waals surface area contributed by atoms with Crippen LogP contribution in [-0.2, 0) is 4.79 Å². The number of benzene rings is 2. The Labute approximate surface area is 155 Å². The van der Waals surface area contributed by atoms with Gasteiger partial charge in [-0.3, -0.25) is 9.78 Å². The maximum Gasteiger partial charge on any atom is 0.221 e. The summed E-state index contributed by atoms with van der Waals surface area (Å²) in [7, 11) is 1.52. The van der Waals surface area contributed by atoms with Crippen molar-refractivity contribution in [2.45, 2.75) is 6.92 Å². The van der Waals surface area contributed by atoms with Crippen LogP contribution >= 0.6 is 11.6 Å². The molecule has 0 aliphatic heterocycles. The molecule has 1 heterocycles. The van der Waals surface area contributed by atoms with Gasteiger partial charge in [-0.25, -0.2) is 4.39 Å². The molecule has 1 amide bonds. The number of amides is 1. The summed E-state index contributed by atoms with van der Waals surface area (Å²) in [5.74, 6) is -0.206. The van der Waals surface area contributed by atoms with Crippen molar-refractivity contribution < 1.29 is 13.9 Å². The molecule has 0 saturated heterocycles. The van der Waals surface area contributed by atoms with Gasteiger partial charge >= 0.3 is 0 Å². The lowest BCUT2D eigenvalue weighted by atomic mass is 9.95. The molecule has 6 heteroatoms. The van der Waals surface area contributed by atoms with Crippen LogP contribution < -0.4 is 10.1 Å². The first-order valence-corrected chi connectivity index (χ1v) is 8.23. The van der Waals surface area contributed by atoms with Gasteiger partial charge in [0.2, 0.25) is 5.91 Å². The summed E-state index contributed by atoms with van der Waals surface area (Å²) < 4.78 is 19.5. The molecule has 0 saturated carbocycles. The van der Waals surface area contributed by atoms with Gasteiger partial charge in [0, 0.05) is 41.0 Å². The predicted molar refractivity (Wildman–Crippen MR) is 101 cm³/mol. The van der Waals surface area contributed by atoms with Crippen molar-refractivity contribution in [2.24, 2.45) is 0 Å². The van der Waals surface area contributed by atoms with E-state index in [2.05, 4.69) is 10.3 Å². The number of aromatic nitrogens is 1. The fourth-order valence-electron chi connectivity index (χ4n) is 2.80. The number of methoxy groups -OCH3 is 1. The van der Waals surface area contributed by atoms with Crippen LogP contribution in [0.2, 0.25) is 5.02 Å². The normalized spacial score (nSPS) is 10.5. The van der Waals surface area contributed by atoms with Gasteiger partial charge in [0.25, 0.3) is 0 Å². The Bertz CT molecular complexity index is 962. The van der Waals surface area contributed by atoms with E-state index in [1.807, 2.05) is 18.2 Å². The van der Waals surface area contributed by atoms with Crippen LogP contribution in [-0.4, -0.2) is 18.0 Å². The highest BCUT2D eigenvalue weighted by Crippen LogP contribution is 2.45. The van der Waals surface area contributed by atoms with E-state index in [1.165, 1.54) is 32.2 Å². The lowest BCUT2D eigenvalue weighted by Crippen LogP contribution is -2.08. The number of carbonyl (C=O) groups excluding carboxylic acids is 1. The van der Waals surface area contributed by atoms with E-state index in [9.17, 15) is 9.18 Å². The standard InChI is InChI=1S/C20H16ClFN2O2/c1-12(25)24-18-6-4-15(13-7-9-23-10-8-13)20(26-2)19(18)16-11-14(22)3-5-17(16)21/h3-11H,1-2H3,(H,24,25). The molecular formula is C20H16ClFN2O2. The van der Waals surface area contributed by atoms with Crippen molar-refractivity contribution >= 4 is 23.2 Å². The second-order valence-corrected chi connectivity index (χ2v) is 6.02. The Balaban J connectivity index is 2.34. The van der Waals surface area contributed by atoms with Crippen LogP contribution in [0.25, 0.3) is 22.3 Å². The maximum atomic E-state index is 13.9. The molecule has 2 aromatic carbocycles. The molecule has 1 aromatic heterocycles. The van der Waals surface area contributed by atoms with Gasteiger partial charge in [0.15, 0.2) is 0 Å². The van der Waals surface area contributed by atoms with Gasteiger partial charge in [-0.1, -0.05) is 11.6 Å². The first-order chi connectivity index (χ1) is 12.5. The summed E-state index contributed by atoms with van der Waals surface area (Å²) >= 11 is 6.32. The largest absolute Gasteiger partial charge is 0.495 e. The van der Waals surface area contributed by atoms with Gasteiger partial charge in [-0.15, -0.1) is 0 Å². The molecule has 26 heavy (non-hydrogen) atoms. The third-order valence-corrected chi connectivity index (χ3v) is 4.19. The SMILES string of the molecule is COc1c(-c2ccncc2)ccc(NC(C)=O)c1-c1cc(F)ccc1Cl. The van der Waals surface area contributed by atoms with E-state index in [4.69, 9.17) is 16.3 Å². The van der Waals surface area contributed by atoms with E-state index < -0.39 is 5.82 Å². The molecular weight excluding hydrogens is 355 g/mol. The second kappa shape index (κ2) is 7.54. The highest BCUT2D eigenvalue weighted by Gasteiger charge is 2.20. The summed E-state index contributed by atoms with van der Waals surface area (Å²) in [6.07, 6.45) is 3.34. The molecule has 1 N–H and O–H groups in total. The Morgan fingerprint density at radius 1 is 1.12 bits per heavy atom. The van der Waals surface area contributed by atoms with Crippen LogP contribution in [0, 0.1) is 5.82 Å². The lowest BCUT2D eigenvalue weighted by molar-refractivity contribution is -0.114. The highest BCUT2D eigenvalue weighted by atomic mass is 35.5. The van der Waals surface area contributed by atoms with Gasteiger partial charge in [0.1, 0.15) is 11.6 Å². The summed E-state index contributed by atoms with van der Waals surface area (Å²) in [5, 5.41) is 3.11. The van der Waals surface area contributed by atoms with Gasteiger partial charge in [-0.05, 0) is 48.0 Å². The Morgan fingerprint density at radius 2 is 1.85 bits per heavy atom. The van der Waals surface area contributed by atoms with E-state index in [1.54, 1.807) is 18.5 Å². The smallest absolute Gasteiger partial charge is 0.221 e. The summed E-state index contributed by atoms with van der Waals surface area (Å²) in [4.78, 5) is 15.7. The van der Waals surface area contributed by atoms with E-state index >= 15 is 0 Å². The molecule has 4 nitrogen and oxygen atoms in total. The number of carbonyl (C=O) groups is 1. The number of hydrogen-bond donors (Lipinski definition) is 1. The van der Waals surface area contributed by atoms with Crippen LogP contribution in [0.1, 0.15) is 6.92 Å². The van der Waals surface area contributed by atoms with Gasteiger partial charge < -0.3 is 10.1 Å². The predicted octanol–water partition coefficient (Wildman–Crippen LogP) is 5.18. The average molecular weight is 371 g/mol. The molecule has 0 fully saturated rings. The minimum absolute atomic E-state index is 0.252. The molecule has 0 bridgehead atoms. The van der Waals surface area contributed by atoms with Crippen LogP contribution in [0.5, 0.6) is 5.75 Å². The number of ether oxygens (including phenoxy) is 1. The summed E-state index contributed by atoms with van der Waals surface area (Å²) in [6.45, 7) is 1.40. The van der Waals surface area contributed by atoms with Crippen LogP contribution in [0.4, 0.5) is 10.1 Å². The number of nitrogens with zero attached hydrogens (tertiary/aromatic N) is 1. The van der Waals surface area contributed by atoms with Gasteiger partial charge in [-0.2, -0.15) is 0 Å². The first kappa shape index (κ1) is 17.9. The molecule has 3 aromatic rings. The molecule has 0 aliphatic rings. The van der Waals surface area contributed by atoms with Crippen molar-refractivity contribution in [3.05, 3.63) is 65.7 Å². The quantitative estimate of drug-likeness (QED) is 0.688. The minimum Gasteiger partial charge on any atom is -0.495 e. The third-order valence-electron chi connectivity index (χ3n) is 3.86. The Hall–Kier alpha value is -2.92. The van der Waals surface area contributed by atoms with E-state index in [0.717, 1.165) is 11.1 Å². The lowest BCUT2D eigenvalue weighted by Gasteiger charge is -2.19. The highest BCUT2D eigenvalue weighted by molar-refractivity contribution is 6.33. The molecule has 0 aliphatic carbocycles. The Kier molecular flexibility index (Phi) is 5.19. The molecule has 0 unspecified atom stereocenters. The number of pyridine rings is 1. The summed E-state index contributed by atoms with van der Waals surface area (Å²) in [5.41, 5.74) is 3.09. The Morgan fingerprint density at radius 3 is 2.50 bits per heavy atom. The number of anilines is 1. The maximum absolute atomic E-state index is 13.9. The zero-order valence-electron chi connectivity index (χ0n) is 14.2. The molecule has 0 spiro atoms. The fourth-order valence-corrected chi connectivity index (χ4v) is 3.02. The first-order valence-electron chi connectivity index (χ1n) is 7.85. The third kappa shape index (κ3) is 3.53. The second-order valence-electron chi connectivity index (χ2n) is 5.61. The van der Waals surface area contributed by atoms with Crippen molar-refractivity contribution in [3.8, 4) is 28.0 Å². The molecule has 0 atom stereocenters. The minimum atomic E-state index is -0.436. The van der Waals surface area contributed by atoms with Crippen molar-refractivity contribution in [3.63, 3.8) is 0 Å². The van der Waals surface area contributed by atoms with Crippen molar-refractivity contribution in [1.82, 2.24) is 4.98 Å². The topological polar surface area (TPSA) is 51.2 Å². The van der Waals surface area contributed by atoms with Gasteiger partial charge in [0.05, 0.1) is 12.8 Å². The monoisotopic (exact) mass is 370 g/mol. The number of hydrogen-bond acceptors (Lipinski definition) is 3. The van der Waals surface area contributed by atoms with Crippen molar-refractivity contribution in [2.75, 3.05) is 12.4 Å². The molecule has 0 radical (unpaired) electrons. The zero-order chi connectivity index (χ0) is 18.7. The number of rotatable bonds is 4. The number of nitrogens with one attached hydrogen (secondary N) is 1. The fraction of sp³-hybridized carbons (Fsp3) is 0.100. The van der Waals surface area contributed by atoms with E-state index in [-0.39, 0.29) is 5.91 Å². The van der Waals surface area contributed by atoms with Crippen molar-refractivity contribution in [1.29, 1.82) is 0 Å². The van der Waals surface area contributed by atoms with Crippen LogP contribution in [0.15, 0.2) is 54.9 Å². The van der Waals surface area contributed by atoms with Crippen LogP contribution in [0.3, 0.4) is 0 Å². The molecule has 3 rings (SSSR count). The van der Waals surface area contributed by atoms with E-state index in [0.29, 0.717) is 27.6 Å².